The van der Waals surface area contributed by atoms with Gasteiger partial charge in [0.15, 0.2) is 9.84 Å². The number of rotatable bonds is 4. The predicted octanol–water partition coefficient (Wildman–Crippen LogP) is 1.50. The third-order valence-corrected chi connectivity index (χ3v) is 4.00. The predicted molar refractivity (Wildman–Crippen MR) is 60.7 cm³/mol. The molecule has 17 heavy (non-hydrogen) atoms. The summed E-state index contributed by atoms with van der Waals surface area (Å²) in [6.07, 6.45) is 3.26. The van der Waals surface area contributed by atoms with Crippen molar-refractivity contribution < 1.29 is 12.8 Å². The van der Waals surface area contributed by atoms with E-state index in [9.17, 15) is 12.8 Å². The summed E-state index contributed by atoms with van der Waals surface area (Å²) in [5, 5.41) is 3.91. The minimum atomic E-state index is -3.46. The molecule has 0 unspecified atom stereocenters. The highest BCUT2D eigenvalue weighted by Crippen LogP contribution is 2.12. The summed E-state index contributed by atoms with van der Waals surface area (Å²) in [7, 11) is -3.46. The number of benzene rings is 1. The summed E-state index contributed by atoms with van der Waals surface area (Å²) in [4.78, 5) is 0.00431. The average molecular weight is 254 g/mol. The Labute approximate surface area is 98.6 Å². The number of halogens is 1. The molecule has 0 bridgehead atoms. The second kappa shape index (κ2) is 4.67. The second-order valence-corrected chi connectivity index (χ2v) is 5.65. The maximum atomic E-state index is 12.9. The van der Waals surface area contributed by atoms with E-state index in [2.05, 4.69) is 5.10 Å². The van der Waals surface area contributed by atoms with Crippen LogP contribution in [0.15, 0.2) is 47.6 Å². The van der Waals surface area contributed by atoms with E-state index >= 15 is 0 Å². The first-order valence-corrected chi connectivity index (χ1v) is 6.69. The van der Waals surface area contributed by atoms with Gasteiger partial charge in [0.25, 0.3) is 0 Å². The smallest absolute Gasteiger partial charge is 0.180 e. The number of nitrogens with zero attached hydrogens (tertiary/aromatic N) is 2. The van der Waals surface area contributed by atoms with Crippen LogP contribution in [0, 0.1) is 5.82 Å². The van der Waals surface area contributed by atoms with Crippen molar-refractivity contribution >= 4 is 9.84 Å². The van der Waals surface area contributed by atoms with Gasteiger partial charge < -0.3 is 0 Å². The molecule has 0 atom stereocenters. The van der Waals surface area contributed by atoms with E-state index in [1.165, 1.54) is 22.9 Å². The van der Waals surface area contributed by atoms with Gasteiger partial charge in [0, 0.05) is 12.4 Å². The van der Waals surface area contributed by atoms with E-state index in [0.29, 0.717) is 0 Å². The number of hydrogen-bond donors (Lipinski definition) is 0. The first-order valence-electron chi connectivity index (χ1n) is 5.04. The quantitative estimate of drug-likeness (QED) is 0.830. The standard InChI is InChI=1S/C11H11FN2O2S/c12-10-3-1-4-11(9-10)17(15,16)8-7-14-6-2-5-13-14/h1-6,9H,7-8H2. The first-order chi connectivity index (χ1) is 8.08. The minimum absolute atomic E-state index is 0.00431. The summed E-state index contributed by atoms with van der Waals surface area (Å²) in [6, 6.07) is 6.73. The van der Waals surface area contributed by atoms with Gasteiger partial charge in [-0.25, -0.2) is 12.8 Å². The van der Waals surface area contributed by atoms with Gasteiger partial charge in [-0.2, -0.15) is 5.10 Å². The molecule has 1 heterocycles. The average Bonchev–Trinajstić information content (AvgIpc) is 2.79. The van der Waals surface area contributed by atoms with Crippen LogP contribution >= 0.6 is 0 Å². The molecule has 0 radical (unpaired) electrons. The monoisotopic (exact) mass is 254 g/mol. The summed E-state index contributed by atoms with van der Waals surface area (Å²) in [6.45, 7) is 0.256. The summed E-state index contributed by atoms with van der Waals surface area (Å²) < 4.78 is 38.2. The molecule has 2 rings (SSSR count). The molecule has 0 N–H and O–H groups in total. The molecule has 4 nitrogen and oxygen atoms in total. The molecule has 90 valence electrons. The van der Waals surface area contributed by atoms with Crippen LogP contribution in [0.25, 0.3) is 0 Å². The number of aromatic nitrogens is 2. The van der Waals surface area contributed by atoms with E-state index in [1.807, 2.05) is 0 Å². The molecular formula is C11H11FN2O2S. The van der Waals surface area contributed by atoms with Crippen LogP contribution < -0.4 is 0 Å². The molecule has 1 aromatic heterocycles. The first kappa shape index (κ1) is 11.8. The zero-order valence-electron chi connectivity index (χ0n) is 8.95. The second-order valence-electron chi connectivity index (χ2n) is 3.55. The van der Waals surface area contributed by atoms with Crippen LogP contribution in [0.4, 0.5) is 4.39 Å². The van der Waals surface area contributed by atoms with Gasteiger partial charge >= 0.3 is 0 Å². The molecule has 0 spiro atoms. The number of sulfone groups is 1. The minimum Gasteiger partial charge on any atom is -0.272 e. The van der Waals surface area contributed by atoms with Crippen LogP contribution in [0.1, 0.15) is 0 Å². The molecule has 0 aliphatic heterocycles. The van der Waals surface area contributed by atoms with E-state index in [0.717, 1.165) is 6.07 Å². The fourth-order valence-corrected chi connectivity index (χ4v) is 2.67. The van der Waals surface area contributed by atoms with E-state index in [-0.39, 0.29) is 17.2 Å². The van der Waals surface area contributed by atoms with Gasteiger partial charge in [0.05, 0.1) is 17.2 Å². The van der Waals surface area contributed by atoms with Crippen LogP contribution in [0.3, 0.4) is 0 Å². The summed E-state index contributed by atoms with van der Waals surface area (Å²) in [5.74, 6) is -0.650. The van der Waals surface area contributed by atoms with Gasteiger partial charge in [-0.3, -0.25) is 4.68 Å². The topological polar surface area (TPSA) is 52.0 Å². The molecule has 0 saturated carbocycles. The lowest BCUT2D eigenvalue weighted by Gasteiger charge is -2.04. The molecular weight excluding hydrogens is 243 g/mol. The molecule has 1 aromatic carbocycles. The van der Waals surface area contributed by atoms with Crippen LogP contribution in [0.5, 0.6) is 0 Å². The van der Waals surface area contributed by atoms with Crippen molar-refractivity contribution in [1.29, 1.82) is 0 Å². The highest BCUT2D eigenvalue weighted by Gasteiger charge is 2.14. The Morgan fingerprint density at radius 3 is 2.76 bits per heavy atom. The lowest BCUT2D eigenvalue weighted by Crippen LogP contribution is -2.13. The van der Waals surface area contributed by atoms with Crippen molar-refractivity contribution in [2.45, 2.75) is 11.4 Å². The van der Waals surface area contributed by atoms with E-state index in [4.69, 9.17) is 0 Å². The van der Waals surface area contributed by atoms with Crippen LogP contribution in [0.2, 0.25) is 0 Å². The molecule has 0 fully saturated rings. The van der Waals surface area contributed by atoms with Crippen LogP contribution in [-0.2, 0) is 16.4 Å². The highest BCUT2D eigenvalue weighted by molar-refractivity contribution is 7.91. The lowest BCUT2D eigenvalue weighted by molar-refractivity contribution is 0.577. The highest BCUT2D eigenvalue weighted by atomic mass is 32.2. The normalized spacial score (nSPS) is 11.6. The van der Waals surface area contributed by atoms with Gasteiger partial charge in [-0.15, -0.1) is 0 Å². The SMILES string of the molecule is O=S(=O)(CCn1cccn1)c1cccc(F)c1. The van der Waals surface area contributed by atoms with Gasteiger partial charge in [-0.1, -0.05) is 6.07 Å². The molecule has 0 saturated heterocycles. The Balaban J connectivity index is 2.14. The Morgan fingerprint density at radius 1 is 1.29 bits per heavy atom. The van der Waals surface area contributed by atoms with Gasteiger partial charge in [0.1, 0.15) is 5.82 Å². The van der Waals surface area contributed by atoms with Crippen molar-refractivity contribution in [3.05, 3.63) is 48.5 Å². The molecule has 2 aromatic rings. The largest absolute Gasteiger partial charge is 0.272 e. The summed E-state index contributed by atoms with van der Waals surface area (Å²) in [5.41, 5.74) is 0. The van der Waals surface area contributed by atoms with E-state index < -0.39 is 15.7 Å². The number of aryl methyl sites for hydroxylation is 1. The molecule has 0 aliphatic rings. The van der Waals surface area contributed by atoms with Crippen molar-refractivity contribution in [2.75, 3.05) is 5.75 Å². The fraction of sp³-hybridized carbons (Fsp3) is 0.182. The maximum absolute atomic E-state index is 12.9. The summed E-state index contributed by atoms with van der Waals surface area (Å²) >= 11 is 0. The van der Waals surface area contributed by atoms with Crippen molar-refractivity contribution in [3.8, 4) is 0 Å². The molecule has 0 amide bonds. The van der Waals surface area contributed by atoms with Crippen LogP contribution in [-0.4, -0.2) is 24.0 Å². The Bertz CT molecular complexity index is 594. The third kappa shape index (κ3) is 2.91. The zero-order valence-corrected chi connectivity index (χ0v) is 9.77. The third-order valence-electron chi connectivity index (χ3n) is 2.30. The Kier molecular flexibility index (Phi) is 3.23. The molecule has 0 aliphatic carbocycles. The van der Waals surface area contributed by atoms with Crippen molar-refractivity contribution in [2.24, 2.45) is 0 Å². The van der Waals surface area contributed by atoms with Gasteiger partial charge in [-0.05, 0) is 24.3 Å². The lowest BCUT2D eigenvalue weighted by atomic mass is 10.4. The number of hydrogen-bond acceptors (Lipinski definition) is 3. The van der Waals surface area contributed by atoms with Crippen molar-refractivity contribution in [3.63, 3.8) is 0 Å². The van der Waals surface area contributed by atoms with E-state index in [1.54, 1.807) is 18.5 Å². The maximum Gasteiger partial charge on any atom is 0.180 e. The van der Waals surface area contributed by atoms with Crippen molar-refractivity contribution in [1.82, 2.24) is 9.78 Å². The Morgan fingerprint density at radius 2 is 2.12 bits per heavy atom. The molecule has 6 heteroatoms. The van der Waals surface area contributed by atoms with Gasteiger partial charge in [0.2, 0.25) is 0 Å². The fourth-order valence-electron chi connectivity index (χ4n) is 1.42. The Hall–Kier alpha value is -1.69. The zero-order chi connectivity index (χ0) is 12.3.